The average Bonchev–Trinajstić information content (AvgIpc) is 2.93. The molecule has 7 heteroatoms. The Hall–Kier alpha value is -0.920. The fraction of sp³-hybridized carbons (Fsp3) is 0.286. The number of aliphatic hydroxyl groups is 1. The van der Waals surface area contributed by atoms with Gasteiger partial charge in [-0.25, -0.2) is 8.42 Å². The molecule has 0 fully saturated rings. The normalized spacial score (nSPS) is 12.0. The zero-order chi connectivity index (χ0) is 15.6. The molecule has 0 atom stereocenters. The fourth-order valence-corrected chi connectivity index (χ4v) is 4.45. The van der Waals surface area contributed by atoms with Crippen LogP contribution < -0.4 is 0 Å². The van der Waals surface area contributed by atoms with E-state index in [1.807, 2.05) is 16.8 Å². The van der Waals surface area contributed by atoms with E-state index in [0.717, 1.165) is 5.56 Å². The van der Waals surface area contributed by atoms with Crippen LogP contribution in [0.3, 0.4) is 0 Å². The molecule has 1 N–H and O–H groups in total. The summed E-state index contributed by atoms with van der Waals surface area (Å²) in [6.07, 6.45) is 0. The fourth-order valence-electron chi connectivity index (χ4n) is 2.03. The van der Waals surface area contributed by atoms with Gasteiger partial charge in [-0.05, 0) is 52.6 Å². The Balaban J connectivity index is 2.41. The number of halogens is 1. The molecule has 2 aromatic rings. The first kappa shape index (κ1) is 16.5. The summed E-state index contributed by atoms with van der Waals surface area (Å²) in [7, 11) is -2.12. The van der Waals surface area contributed by atoms with Crippen LogP contribution in [0.1, 0.15) is 16.7 Å². The monoisotopic (exact) mass is 345 g/mol. The molecule has 1 aromatic carbocycles. The molecule has 21 heavy (non-hydrogen) atoms. The highest BCUT2D eigenvalue weighted by molar-refractivity contribution is 7.89. The summed E-state index contributed by atoms with van der Waals surface area (Å²) < 4.78 is 26.7. The summed E-state index contributed by atoms with van der Waals surface area (Å²) in [5, 5.41) is 13.4. The quantitative estimate of drug-likeness (QED) is 0.906. The topological polar surface area (TPSA) is 57.6 Å². The van der Waals surface area contributed by atoms with Crippen LogP contribution in [-0.4, -0.2) is 24.9 Å². The SMILES string of the molecule is Cc1c(CO)cc(Cl)cc1S(=O)(=O)N(C)Cc1ccsc1. The Morgan fingerprint density at radius 1 is 1.38 bits per heavy atom. The molecule has 0 spiro atoms. The van der Waals surface area contributed by atoms with Crippen molar-refractivity contribution in [3.63, 3.8) is 0 Å². The summed E-state index contributed by atoms with van der Waals surface area (Å²) >= 11 is 7.49. The third-order valence-corrected chi connectivity index (χ3v) is 6.16. The Kier molecular flexibility index (Phi) is 5.06. The predicted octanol–water partition coefficient (Wildman–Crippen LogP) is 3.02. The van der Waals surface area contributed by atoms with Crippen molar-refractivity contribution in [1.29, 1.82) is 0 Å². The van der Waals surface area contributed by atoms with Crippen molar-refractivity contribution < 1.29 is 13.5 Å². The number of benzene rings is 1. The van der Waals surface area contributed by atoms with Crippen molar-refractivity contribution in [3.05, 3.63) is 50.7 Å². The Morgan fingerprint density at radius 3 is 2.67 bits per heavy atom. The second-order valence-corrected chi connectivity index (χ2v) is 7.97. The molecule has 0 saturated carbocycles. The molecular weight excluding hydrogens is 330 g/mol. The van der Waals surface area contributed by atoms with Crippen molar-refractivity contribution in [3.8, 4) is 0 Å². The number of thiophene rings is 1. The molecule has 4 nitrogen and oxygen atoms in total. The van der Waals surface area contributed by atoms with E-state index in [2.05, 4.69) is 0 Å². The number of hydrogen-bond donors (Lipinski definition) is 1. The number of hydrogen-bond acceptors (Lipinski definition) is 4. The highest BCUT2D eigenvalue weighted by atomic mass is 35.5. The molecule has 0 amide bonds. The van der Waals surface area contributed by atoms with Gasteiger partial charge in [0.15, 0.2) is 0 Å². The molecule has 0 aliphatic rings. The van der Waals surface area contributed by atoms with Gasteiger partial charge in [-0.3, -0.25) is 0 Å². The van der Waals surface area contributed by atoms with Gasteiger partial charge in [0, 0.05) is 18.6 Å². The van der Waals surface area contributed by atoms with E-state index in [1.54, 1.807) is 13.0 Å². The number of nitrogens with zero attached hydrogens (tertiary/aromatic N) is 1. The van der Waals surface area contributed by atoms with E-state index in [0.29, 0.717) is 22.7 Å². The van der Waals surface area contributed by atoms with E-state index in [4.69, 9.17) is 11.6 Å². The van der Waals surface area contributed by atoms with Crippen molar-refractivity contribution in [2.75, 3.05) is 7.05 Å². The van der Waals surface area contributed by atoms with Gasteiger partial charge in [0.2, 0.25) is 10.0 Å². The van der Waals surface area contributed by atoms with Gasteiger partial charge in [0.1, 0.15) is 0 Å². The van der Waals surface area contributed by atoms with E-state index in [9.17, 15) is 13.5 Å². The second-order valence-electron chi connectivity index (χ2n) is 4.74. The van der Waals surface area contributed by atoms with Crippen molar-refractivity contribution in [1.82, 2.24) is 4.31 Å². The summed E-state index contributed by atoms with van der Waals surface area (Å²) in [6, 6.07) is 4.89. The lowest BCUT2D eigenvalue weighted by atomic mass is 10.1. The zero-order valence-electron chi connectivity index (χ0n) is 11.7. The zero-order valence-corrected chi connectivity index (χ0v) is 14.1. The molecule has 0 aliphatic carbocycles. The summed E-state index contributed by atoms with van der Waals surface area (Å²) in [6.45, 7) is 1.72. The van der Waals surface area contributed by atoms with Crippen LogP contribution in [0.4, 0.5) is 0 Å². The molecule has 1 aromatic heterocycles. The van der Waals surface area contributed by atoms with Gasteiger partial charge in [0.25, 0.3) is 0 Å². The summed E-state index contributed by atoms with van der Waals surface area (Å²) in [5.74, 6) is 0. The lowest BCUT2D eigenvalue weighted by molar-refractivity contribution is 0.280. The van der Waals surface area contributed by atoms with Crippen LogP contribution >= 0.6 is 22.9 Å². The van der Waals surface area contributed by atoms with Crippen molar-refractivity contribution in [2.24, 2.45) is 0 Å². The Morgan fingerprint density at radius 2 is 2.10 bits per heavy atom. The minimum Gasteiger partial charge on any atom is -0.392 e. The van der Waals surface area contributed by atoms with Crippen LogP contribution in [0.5, 0.6) is 0 Å². The first-order valence-electron chi connectivity index (χ1n) is 6.23. The Labute approximate surface area is 133 Å². The molecule has 1 heterocycles. The average molecular weight is 346 g/mol. The number of aliphatic hydroxyl groups excluding tert-OH is 1. The predicted molar refractivity (Wildman–Crippen MR) is 85.1 cm³/mol. The molecule has 0 bridgehead atoms. The van der Waals surface area contributed by atoms with E-state index >= 15 is 0 Å². The van der Waals surface area contributed by atoms with Crippen LogP contribution in [0, 0.1) is 6.92 Å². The van der Waals surface area contributed by atoms with Crippen LogP contribution in [-0.2, 0) is 23.2 Å². The van der Waals surface area contributed by atoms with E-state index in [1.165, 1.54) is 28.8 Å². The minimum atomic E-state index is -3.66. The smallest absolute Gasteiger partial charge is 0.243 e. The van der Waals surface area contributed by atoms with Crippen molar-refractivity contribution in [2.45, 2.75) is 25.0 Å². The summed E-state index contributed by atoms with van der Waals surface area (Å²) in [5.41, 5.74) is 1.98. The van der Waals surface area contributed by atoms with Gasteiger partial charge < -0.3 is 5.11 Å². The second kappa shape index (κ2) is 6.46. The highest BCUT2D eigenvalue weighted by Gasteiger charge is 2.24. The minimum absolute atomic E-state index is 0.136. The molecule has 114 valence electrons. The van der Waals surface area contributed by atoms with Gasteiger partial charge >= 0.3 is 0 Å². The van der Waals surface area contributed by atoms with Crippen LogP contribution in [0.15, 0.2) is 33.9 Å². The maximum atomic E-state index is 12.7. The maximum absolute atomic E-state index is 12.7. The van der Waals surface area contributed by atoms with Gasteiger partial charge in [-0.15, -0.1) is 0 Å². The Bertz CT molecular complexity index is 727. The summed E-state index contributed by atoms with van der Waals surface area (Å²) in [4.78, 5) is 0.136. The van der Waals surface area contributed by atoms with Gasteiger partial charge in [-0.1, -0.05) is 11.6 Å². The first-order chi connectivity index (χ1) is 9.86. The van der Waals surface area contributed by atoms with E-state index < -0.39 is 10.0 Å². The van der Waals surface area contributed by atoms with E-state index in [-0.39, 0.29) is 11.5 Å². The molecule has 0 saturated heterocycles. The molecule has 0 unspecified atom stereocenters. The van der Waals surface area contributed by atoms with Crippen LogP contribution in [0.25, 0.3) is 0 Å². The standard InChI is InChI=1S/C14H16ClNO3S2/c1-10-12(8-17)5-13(15)6-14(10)21(18,19)16(2)7-11-3-4-20-9-11/h3-6,9,17H,7-8H2,1-2H3. The highest BCUT2D eigenvalue weighted by Crippen LogP contribution is 2.27. The number of sulfonamides is 1. The van der Waals surface area contributed by atoms with Crippen LogP contribution in [0.2, 0.25) is 5.02 Å². The lowest BCUT2D eigenvalue weighted by Crippen LogP contribution is -2.27. The third kappa shape index (κ3) is 3.46. The molecular formula is C14H16ClNO3S2. The lowest BCUT2D eigenvalue weighted by Gasteiger charge is -2.19. The molecule has 0 radical (unpaired) electrons. The molecule has 0 aliphatic heterocycles. The third-order valence-electron chi connectivity index (χ3n) is 3.28. The van der Waals surface area contributed by atoms with Gasteiger partial charge in [0.05, 0.1) is 11.5 Å². The van der Waals surface area contributed by atoms with Gasteiger partial charge in [-0.2, -0.15) is 15.6 Å². The molecule has 2 rings (SSSR count). The number of rotatable bonds is 5. The maximum Gasteiger partial charge on any atom is 0.243 e. The first-order valence-corrected chi connectivity index (χ1v) is 8.99. The largest absolute Gasteiger partial charge is 0.392 e. The van der Waals surface area contributed by atoms with Crippen molar-refractivity contribution >= 4 is 33.0 Å².